The van der Waals surface area contributed by atoms with Gasteiger partial charge < -0.3 is 15.2 Å². The van der Waals surface area contributed by atoms with Gasteiger partial charge in [0.2, 0.25) is 15.9 Å². The fourth-order valence-corrected chi connectivity index (χ4v) is 4.99. The topological polar surface area (TPSA) is 107 Å². The second kappa shape index (κ2) is 10.7. The summed E-state index contributed by atoms with van der Waals surface area (Å²) >= 11 is 0. The van der Waals surface area contributed by atoms with Gasteiger partial charge >= 0.3 is 0 Å². The highest BCUT2D eigenvalue weighted by molar-refractivity contribution is 7.89. The lowest BCUT2D eigenvalue weighted by molar-refractivity contribution is -0.308. The van der Waals surface area contributed by atoms with Gasteiger partial charge in [-0.05, 0) is 49.3 Å². The fourth-order valence-electron chi connectivity index (χ4n) is 3.47. The molecule has 1 fully saturated rings. The quantitative estimate of drug-likeness (QED) is 0.647. The van der Waals surface area contributed by atoms with Gasteiger partial charge in [-0.1, -0.05) is 38.8 Å². The number of carbonyl (C=O) groups excluding carboxylic acids is 2. The zero-order valence-electron chi connectivity index (χ0n) is 17.2. The van der Waals surface area contributed by atoms with Crippen molar-refractivity contribution in [1.82, 2.24) is 9.62 Å². The van der Waals surface area contributed by atoms with E-state index in [1.165, 1.54) is 0 Å². The van der Waals surface area contributed by atoms with Crippen LogP contribution in [0.1, 0.15) is 57.9 Å². The minimum absolute atomic E-state index is 0.122. The van der Waals surface area contributed by atoms with Gasteiger partial charge in [-0.2, -0.15) is 4.31 Å². The average molecular weight is 424 g/mol. The molecule has 162 valence electrons. The highest BCUT2D eigenvalue weighted by atomic mass is 32.2. The van der Waals surface area contributed by atoms with Crippen molar-refractivity contribution >= 4 is 21.9 Å². The molecule has 0 aliphatic carbocycles. The Labute approximate surface area is 173 Å². The molecule has 1 aliphatic rings. The Morgan fingerprint density at radius 3 is 2.17 bits per heavy atom. The summed E-state index contributed by atoms with van der Waals surface area (Å²) in [5.74, 6) is -1.52. The molecule has 1 N–H and O–H groups in total. The standard InChI is InChI=1S/C21H32N2O5S/c1-16(2)15-19(21(25)26)22-20(24)12-9-17-7-10-18(11-8-17)29(27,28)23-13-5-3-4-6-14-23/h7-8,10-11,16,19H,3-6,9,12-15H2,1-2H3,(H,22,24)(H,25,26)/p-1/t19-/m1/s1. The molecule has 7 nitrogen and oxygen atoms in total. The number of carbonyl (C=O) groups is 2. The van der Waals surface area contributed by atoms with Crippen LogP contribution in [0.25, 0.3) is 0 Å². The summed E-state index contributed by atoms with van der Waals surface area (Å²) < 4.78 is 27.1. The van der Waals surface area contributed by atoms with Crippen LogP contribution >= 0.6 is 0 Å². The van der Waals surface area contributed by atoms with Crippen molar-refractivity contribution < 1.29 is 23.1 Å². The van der Waals surface area contributed by atoms with E-state index in [9.17, 15) is 23.1 Å². The van der Waals surface area contributed by atoms with Crippen LogP contribution in [0.15, 0.2) is 29.2 Å². The number of aryl methyl sites for hydroxylation is 1. The van der Waals surface area contributed by atoms with Crippen LogP contribution in [0, 0.1) is 5.92 Å². The van der Waals surface area contributed by atoms with Gasteiger partial charge in [0.05, 0.1) is 16.9 Å². The number of amides is 1. The van der Waals surface area contributed by atoms with E-state index in [-0.39, 0.29) is 23.1 Å². The smallest absolute Gasteiger partial charge is 0.243 e. The second-order valence-corrected chi connectivity index (χ2v) is 9.97. The van der Waals surface area contributed by atoms with Crippen LogP contribution in [0.2, 0.25) is 0 Å². The molecule has 2 rings (SSSR count). The summed E-state index contributed by atoms with van der Waals surface area (Å²) in [7, 11) is -3.49. The average Bonchev–Trinajstić information content (AvgIpc) is 2.96. The van der Waals surface area contributed by atoms with Crippen LogP contribution in [0.3, 0.4) is 0 Å². The molecule has 1 aromatic rings. The lowest BCUT2D eigenvalue weighted by Gasteiger charge is -2.21. The minimum Gasteiger partial charge on any atom is -0.548 e. The Bertz CT molecular complexity index is 782. The number of sulfonamides is 1. The molecular formula is C21H31N2O5S-. The predicted octanol–water partition coefficient (Wildman–Crippen LogP) is 1.46. The number of carboxylic acids is 1. The summed E-state index contributed by atoms with van der Waals surface area (Å²) in [5, 5.41) is 13.6. The summed E-state index contributed by atoms with van der Waals surface area (Å²) in [5.41, 5.74) is 0.823. The van der Waals surface area contributed by atoms with Crippen molar-refractivity contribution in [1.29, 1.82) is 0 Å². The van der Waals surface area contributed by atoms with Crippen LogP contribution < -0.4 is 10.4 Å². The Kier molecular flexibility index (Phi) is 8.64. The van der Waals surface area contributed by atoms with Gasteiger partial charge in [0.15, 0.2) is 0 Å². The van der Waals surface area contributed by atoms with Crippen molar-refractivity contribution in [3.05, 3.63) is 29.8 Å². The van der Waals surface area contributed by atoms with Crippen LogP contribution in [-0.4, -0.2) is 43.7 Å². The van der Waals surface area contributed by atoms with Gasteiger partial charge in [0.1, 0.15) is 0 Å². The molecule has 8 heteroatoms. The van der Waals surface area contributed by atoms with Crippen molar-refractivity contribution in [2.24, 2.45) is 5.92 Å². The number of hydrogen-bond donors (Lipinski definition) is 1. The Morgan fingerprint density at radius 1 is 1.07 bits per heavy atom. The second-order valence-electron chi connectivity index (χ2n) is 8.03. The Hall–Kier alpha value is -1.93. The highest BCUT2D eigenvalue weighted by Crippen LogP contribution is 2.21. The molecular weight excluding hydrogens is 392 g/mol. The van der Waals surface area contributed by atoms with Crippen molar-refractivity contribution in [3.63, 3.8) is 0 Å². The molecule has 1 heterocycles. The third-order valence-electron chi connectivity index (χ3n) is 5.09. The molecule has 1 saturated heterocycles. The molecule has 0 spiro atoms. The number of nitrogens with one attached hydrogen (secondary N) is 1. The van der Waals surface area contributed by atoms with E-state index in [2.05, 4.69) is 5.32 Å². The zero-order chi connectivity index (χ0) is 21.4. The molecule has 29 heavy (non-hydrogen) atoms. The van der Waals surface area contributed by atoms with Crippen LogP contribution in [0.4, 0.5) is 0 Å². The van der Waals surface area contributed by atoms with Gasteiger partial charge in [-0.25, -0.2) is 8.42 Å². The van der Waals surface area contributed by atoms with E-state index in [0.717, 1.165) is 31.2 Å². The van der Waals surface area contributed by atoms with Crippen LogP contribution in [-0.2, 0) is 26.0 Å². The van der Waals surface area contributed by atoms with E-state index in [4.69, 9.17) is 0 Å². The maximum absolute atomic E-state index is 12.8. The van der Waals surface area contributed by atoms with Crippen LogP contribution in [0.5, 0.6) is 0 Å². The minimum atomic E-state index is -3.49. The molecule has 1 aromatic carbocycles. The van der Waals surface area contributed by atoms with Crippen molar-refractivity contribution in [3.8, 4) is 0 Å². The van der Waals surface area contributed by atoms with Gasteiger partial charge in [0, 0.05) is 19.5 Å². The number of rotatable bonds is 9. The summed E-state index contributed by atoms with van der Waals surface area (Å²) in [6.07, 6.45) is 4.73. The molecule has 0 bridgehead atoms. The Balaban J connectivity index is 1.93. The third-order valence-corrected chi connectivity index (χ3v) is 7.01. The van der Waals surface area contributed by atoms with Gasteiger partial charge in [-0.15, -0.1) is 0 Å². The molecule has 0 radical (unpaired) electrons. The molecule has 0 unspecified atom stereocenters. The molecule has 1 amide bonds. The highest BCUT2D eigenvalue weighted by Gasteiger charge is 2.25. The number of aliphatic carboxylic acids is 1. The van der Waals surface area contributed by atoms with E-state index in [1.54, 1.807) is 28.6 Å². The summed E-state index contributed by atoms with van der Waals surface area (Å²) in [6, 6.07) is 5.58. The van der Waals surface area contributed by atoms with Gasteiger partial charge in [-0.3, -0.25) is 4.79 Å². The predicted molar refractivity (Wildman–Crippen MR) is 108 cm³/mol. The van der Waals surface area contributed by atoms with Gasteiger partial charge in [0.25, 0.3) is 0 Å². The fraction of sp³-hybridized carbons (Fsp3) is 0.619. The first-order valence-electron chi connectivity index (χ1n) is 10.3. The Morgan fingerprint density at radius 2 is 1.66 bits per heavy atom. The van der Waals surface area contributed by atoms with E-state index >= 15 is 0 Å². The number of carboxylic acid groups (broad SMARTS) is 1. The van der Waals surface area contributed by atoms with Crippen molar-refractivity contribution in [2.75, 3.05) is 13.1 Å². The largest absolute Gasteiger partial charge is 0.548 e. The van der Waals surface area contributed by atoms with E-state index < -0.39 is 22.0 Å². The summed E-state index contributed by atoms with van der Waals surface area (Å²) in [4.78, 5) is 23.5. The molecule has 1 aliphatic heterocycles. The lowest BCUT2D eigenvalue weighted by atomic mass is 10.0. The first-order chi connectivity index (χ1) is 13.7. The SMILES string of the molecule is CC(C)C[C@@H](NC(=O)CCc1ccc(S(=O)(=O)N2CCCCCC2)cc1)C(=O)[O-]. The lowest BCUT2D eigenvalue weighted by Crippen LogP contribution is -2.48. The zero-order valence-corrected chi connectivity index (χ0v) is 18.0. The maximum Gasteiger partial charge on any atom is 0.243 e. The summed E-state index contributed by atoms with van der Waals surface area (Å²) in [6.45, 7) is 4.87. The molecule has 0 aromatic heterocycles. The first kappa shape index (κ1) is 23.3. The number of hydrogen-bond acceptors (Lipinski definition) is 5. The normalized spacial score (nSPS) is 16.9. The third kappa shape index (κ3) is 7.12. The van der Waals surface area contributed by atoms with E-state index in [0.29, 0.717) is 25.9 Å². The van der Waals surface area contributed by atoms with E-state index in [1.807, 2.05) is 13.8 Å². The number of nitrogens with zero attached hydrogens (tertiary/aromatic N) is 1. The molecule has 0 saturated carbocycles. The van der Waals surface area contributed by atoms with Crippen molar-refractivity contribution in [2.45, 2.75) is 69.7 Å². The maximum atomic E-state index is 12.8. The monoisotopic (exact) mass is 423 g/mol. The first-order valence-corrected chi connectivity index (χ1v) is 11.7. The number of benzene rings is 1. The molecule has 1 atom stereocenters.